The van der Waals surface area contributed by atoms with Gasteiger partial charge in [-0.1, -0.05) is 26.7 Å². The van der Waals surface area contributed by atoms with E-state index < -0.39 is 0 Å². The summed E-state index contributed by atoms with van der Waals surface area (Å²) in [6.07, 6.45) is 9.98. The lowest BCUT2D eigenvalue weighted by Crippen LogP contribution is -2.38. The van der Waals surface area contributed by atoms with Crippen LogP contribution >= 0.6 is 24.0 Å². The van der Waals surface area contributed by atoms with Gasteiger partial charge in [-0.15, -0.1) is 24.0 Å². The normalized spacial score (nSPS) is 11.4. The standard InChI is InChI=1S/C17H33N5.HI/c1-15(2)9-5-6-10-20-17(18-4)21-11-7-8-13-22-14-12-19-16(22)3;/h12,14-15H,5-11,13H2,1-4H3,(H2,18,20,21);1H. The highest BCUT2D eigenvalue weighted by atomic mass is 127. The molecule has 2 N–H and O–H groups in total. The van der Waals surface area contributed by atoms with Crippen molar-refractivity contribution in [3.8, 4) is 0 Å². The molecule has 1 rings (SSSR count). The first-order chi connectivity index (χ1) is 10.6. The molecule has 0 aromatic carbocycles. The van der Waals surface area contributed by atoms with E-state index in [-0.39, 0.29) is 24.0 Å². The maximum absolute atomic E-state index is 4.26. The molecule has 0 bridgehead atoms. The number of aryl methyl sites for hydroxylation is 2. The Labute approximate surface area is 158 Å². The topological polar surface area (TPSA) is 54.2 Å². The molecule has 1 aromatic heterocycles. The molecule has 0 amide bonds. The first kappa shape index (κ1) is 22.2. The lowest BCUT2D eigenvalue weighted by Gasteiger charge is -2.12. The molecule has 23 heavy (non-hydrogen) atoms. The quantitative estimate of drug-likeness (QED) is 0.256. The molecule has 5 nitrogen and oxygen atoms in total. The van der Waals surface area contributed by atoms with Gasteiger partial charge in [0.1, 0.15) is 5.82 Å². The number of hydrogen-bond acceptors (Lipinski definition) is 2. The summed E-state index contributed by atoms with van der Waals surface area (Å²) < 4.78 is 2.20. The van der Waals surface area contributed by atoms with Gasteiger partial charge in [0.25, 0.3) is 0 Å². The molecule has 0 unspecified atom stereocenters. The van der Waals surface area contributed by atoms with Gasteiger partial charge < -0.3 is 15.2 Å². The van der Waals surface area contributed by atoms with Gasteiger partial charge in [0.05, 0.1) is 0 Å². The summed E-state index contributed by atoms with van der Waals surface area (Å²) in [4.78, 5) is 8.50. The number of unbranched alkanes of at least 4 members (excludes halogenated alkanes) is 2. The van der Waals surface area contributed by atoms with Crippen molar-refractivity contribution in [1.82, 2.24) is 20.2 Å². The van der Waals surface area contributed by atoms with E-state index in [0.29, 0.717) is 0 Å². The third kappa shape index (κ3) is 10.6. The number of rotatable bonds is 10. The molecule has 0 radical (unpaired) electrons. The summed E-state index contributed by atoms with van der Waals surface area (Å²) in [5.41, 5.74) is 0. The van der Waals surface area contributed by atoms with Gasteiger partial charge in [0.2, 0.25) is 0 Å². The van der Waals surface area contributed by atoms with Crippen LogP contribution < -0.4 is 10.6 Å². The van der Waals surface area contributed by atoms with Crippen molar-refractivity contribution in [1.29, 1.82) is 0 Å². The number of halogens is 1. The predicted octanol–water partition coefficient (Wildman–Crippen LogP) is 3.58. The minimum absolute atomic E-state index is 0. The molecule has 0 saturated carbocycles. The molecular weight excluding hydrogens is 401 g/mol. The second kappa shape index (κ2) is 13.6. The van der Waals surface area contributed by atoms with Crippen LogP contribution in [0.3, 0.4) is 0 Å². The van der Waals surface area contributed by atoms with Gasteiger partial charge in [-0.25, -0.2) is 4.98 Å². The Kier molecular flexibility index (Phi) is 13.2. The van der Waals surface area contributed by atoms with Gasteiger partial charge in [0.15, 0.2) is 5.96 Å². The molecule has 0 spiro atoms. The summed E-state index contributed by atoms with van der Waals surface area (Å²) >= 11 is 0. The van der Waals surface area contributed by atoms with Crippen LogP contribution in [0, 0.1) is 12.8 Å². The van der Waals surface area contributed by atoms with Gasteiger partial charge >= 0.3 is 0 Å². The average molecular weight is 435 g/mol. The highest BCUT2D eigenvalue weighted by Gasteiger charge is 1.99. The van der Waals surface area contributed by atoms with Crippen LogP contribution in [0.2, 0.25) is 0 Å². The highest BCUT2D eigenvalue weighted by Crippen LogP contribution is 2.05. The largest absolute Gasteiger partial charge is 0.356 e. The lowest BCUT2D eigenvalue weighted by molar-refractivity contribution is 0.534. The third-order valence-electron chi connectivity index (χ3n) is 3.77. The van der Waals surface area contributed by atoms with E-state index in [1.54, 1.807) is 0 Å². The SMILES string of the molecule is CN=C(NCCCCC(C)C)NCCCCn1ccnc1C.I. The fraction of sp³-hybridized carbons (Fsp3) is 0.765. The second-order valence-electron chi connectivity index (χ2n) is 6.19. The average Bonchev–Trinajstić information content (AvgIpc) is 2.89. The van der Waals surface area contributed by atoms with Crippen molar-refractivity contribution in [2.45, 2.75) is 59.4 Å². The van der Waals surface area contributed by atoms with Crippen LogP contribution in [0.15, 0.2) is 17.4 Å². The zero-order valence-electron chi connectivity index (χ0n) is 15.1. The van der Waals surface area contributed by atoms with E-state index in [4.69, 9.17) is 0 Å². The maximum atomic E-state index is 4.26. The van der Waals surface area contributed by atoms with Crippen molar-refractivity contribution < 1.29 is 0 Å². The van der Waals surface area contributed by atoms with E-state index in [1.165, 1.54) is 19.3 Å². The molecule has 1 heterocycles. The molecule has 134 valence electrons. The molecule has 0 atom stereocenters. The van der Waals surface area contributed by atoms with Crippen LogP contribution in [0.4, 0.5) is 0 Å². The van der Waals surface area contributed by atoms with Crippen LogP contribution in [0.1, 0.15) is 51.8 Å². The van der Waals surface area contributed by atoms with Crippen LogP contribution in [-0.2, 0) is 6.54 Å². The number of aromatic nitrogens is 2. The summed E-state index contributed by atoms with van der Waals surface area (Å²) in [5.74, 6) is 2.81. The zero-order valence-corrected chi connectivity index (χ0v) is 17.5. The van der Waals surface area contributed by atoms with E-state index >= 15 is 0 Å². The fourth-order valence-electron chi connectivity index (χ4n) is 2.36. The van der Waals surface area contributed by atoms with Crippen molar-refractivity contribution in [2.24, 2.45) is 10.9 Å². The summed E-state index contributed by atoms with van der Waals surface area (Å²) in [5, 5.41) is 6.76. The number of aliphatic imine (C=N–C) groups is 1. The Morgan fingerprint density at radius 3 is 2.35 bits per heavy atom. The Bertz CT molecular complexity index is 428. The number of nitrogens with one attached hydrogen (secondary N) is 2. The monoisotopic (exact) mass is 435 g/mol. The minimum Gasteiger partial charge on any atom is -0.356 e. The number of imidazole rings is 1. The Hall–Kier alpha value is -0.790. The van der Waals surface area contributed by atoms with Gasteiger partial charge in [-0.2, -0.15) is 0 Å². The van der Waals surface area contributed by atoms with Crippen molar-refractivity contribution in [3.05, 3.63) is 18.2 Å². The van der Waals surface area contributed by atoms with Crippen LogP contribution in [0.25, 0.3) is 0 Å². The van der Waals surface area contributed by atoms with Gasteiger partial charge in [-0.3, -0.25) is 4.99 Å². The second-order valence-corrected chi connectivity index (χ2v) is 6.19. The summed E-state index contributed by atoms with van der Waals surface area (Å²) in [7, 11) is 1.83. The van der Waals surface area contributed by atoms with Gasteiger partial charge in [0, 0.05) is 39.1 Å². The first-order valence-electron chi connectivity index (χ1n) is 8.55. The van der Waals surface area contributed by atoms with Crippen LogP contribution in [-0.4, -0.2) is 35.6 Å². The number of nitrogens with zero attached hydrogens (tertiary/aromatic N) is 3. The predicted molar refractivity (Wildman–Crippen MR) is 110 cm³/mol. The fourth-order valence-corrected chi connectivity index (χ4v) is 2.36. The van der Waals surface area contributed by atoms with E-state index in [1.807, 2.05) is 26.4 Å². The lowest BCUT2D eigenvalue weighted by atomic mass is 10.1. The number of guanidine groups is 1. The molecule has 1 aromatic rings. The van der Waals surface area contributed by atoms with Gasteiger partial charge in [-0.05, 0) is 32.1 Å². The van der Waals surface area contributed by atoms with Crippen LogP contribution in [0.5, 0.6) is 0 Å². The Balaban J connectivity index is 0.00000484. The Morgan fingerprint density at radius 2 is 1.83 bits per heavy atom. The molecule has 0 fully saturated rings. The minimum atomic E-state index is 0. The molecule has 6 heteroatoms. The van der Waals surface area contributed by atoms with Crippen molar-refractivity contribution in [3.63, 3.8) is 0 Å². The van der Waals surface area contributed by atoms with E-state index in [9.17, 15) is 0 Å². The molecule has 0 aliphatic heterocycles. The summed E-state index contributed by atoms with van der Waals surface area (Å²) in [6, 6.07) is 0. The zero-order chi connectivity index (χ0) is 16.2. The smallest absolute Gasteiger partial charge is 0.190 e. The molecular formula is C17H34IN5. The Morgan fingerprint density at radius 1 is 1.17 bits per heavy atom. The summed E-state index contributed by atoms with van der Waals surface area (Å²) in [6.45, 7) is 9.59. The first-order valence-corrected chi connectivity index (χ1v) is 8.55. The number of hydrogen-bond donors (Lipinski definition) is 2. The van der Waals surface area contributed by atoms with Crippen molar-refractivity contribution in [2.75, 3.05) is 20.1 Å². The molecule has 0 aliphatic rings. The van der Waals surface area contributed by atoms with E-state index in [0.717, 1.165) is 50.2 Å². The highest BCUT2D eigenvalue weighted by molar-refractivity contribution is 14.0. The van der Waals surface area contributed by atoms with E-state index in [2.05, 4.69) is 39.0 Å². The van der Waals surface area contributed by atoms with Crippen molar-refractivity contribution >= 4 is 29.9 Å². The third-order valence-corrected chi connectivity index (χ3v) is 3.77. The molecule has 0 aliphatic carbocycles. The molecule has 0 saturated heterocycles. The maximum Gasteiger partial charge on any atom is 0.190 e.